The van der Waals surface area contributed by atoms with Crippen LogP contribution in [0.2, 0.25) is 0 Å². The molecule has 1 aliphatic rings. The van der Waals surface area contributed by atoms with Gasteiger partial charge in [-0.15, -0.1) is 0 Å². The first-order valence-corrected chi connectivity index (χ1v) is 6.86. The van der Waals surface area contributed by atoms with Crippen LogP contribution >= 0.6 is 0 Å². The van der Waals surface area contributed by atoms with E-state index in [0.29, 0.717) is 11.8 Å². The second-order valence-electron chi connectivity index (χ2n) is 5.82. The Morgan fingerprint density at radius 2 is 1.56 bits per heavy atom. The average molecular weight is 255 g/mol. The van der Waals surface area contributed by atoms with E-state index >= 15 is 0 Å². The maximum Gasteiger partial charge on any atom is 0.307 e. The van der Waals surface area contributed by atoms with Crippen molar-refractivity contribution in [1.29, 1.82) is 0 Å². The number of carboxylic acid groups (broad SMARTS) is 1. The number of piperidine rings is 1. The van der Waals surface area contributed by atoms with Gasteiger partial charge in [0.05, 0.1) is 5.92 Å². The topological polar surface area (TPSA) is 57.6 Å². The molecule has 0 aromatic heterocycles. The van der Waals surface area contributed by atoms with Crippen molar-refractivity contribution in [2.75, 3.05) is 13.1 Å². The van der Waals surface area contributed by atoms with Crippen molar-refractivity contribution in [2.24, 2.45) is 23.7 Å². The number of rotatable bonds is 4. The number of aliphatic carboxylic acids is 1. The maximum atomic E-state index is 12.2. The normalized spacial score (nSPS) is 20.8. The van der Waals surface area contributed by atoms with Crippen LogP contribution in [0.3, 0.4) is 0 Å². The van der Waals surface area contributed by atoms with Gasteiger partial charge in [-0.25, -0.2) is 0 Å². The van der Waals surface area contributed by atoms with Crippen LogP contribution in [0.4, 0.5) is 0 Å². The Balaban J connectivity index is 2.52. The van der Waals surface area contributed by atoms with Gasteiger partial charge in [-0.3, -0.25) is 9.59 Å². The van der Waals surface area contributed by atoms with Crippen molar-refractivity contribution in [3.05, 3.63) is 0 Å². The van der Waals surface area contributed by atoms with Gasteiger partial charge in [-0.1, -0.05) is 27.7 Å². The number of carboxylic acids is 1. The largest absolute Gasteiger partial charge is 0.481 e. The minimum atomic E-state index is -0.895. The third-order valence-corrected chi connectivity index (χ3v) is 4.32. The second kappa shape index (κ2) is 6.21. The monoisotopic (exact) mass is 255 g/mol. The molecule has 1 rings (SSSR count). The highest BCUT2D eigenvalue weighted by molar-refractivity contribution is 5.84. The highest BCUT2D eigenvalue weighted by Gasteiger charge is 2.31. The molecule has 4 nitrogen and oxygen atoms in total. The van der Waals surface area contributed by atoms with Crippen molar-refractivity contribution in [3.8, 4) is 0 Å². The maximum absolute atomic E-state index is 12.2. The van der Waals surface area contributed by atoms with Crippen molar-refractivity contribution in [1.82, 2.24) is 4.90 Å². The van der Waals surface area contributed by atoms with Gasteiger partial charge in [-0.2, -0.15) is 0 Å². The Morgan fingerprint density at radius 1 is 1.06 bits per heavy atom. The Hall–Kier alpha value is -1.06. The molecule has 1 N–H and O–H groups in total. The standard InChI is InChI=1S/C14H25NO3/c1-9(2)12-5-7-15(8-6-12)13(16)10(3)11(4)14(17)18/h9-12H,5-8H2,1-4H3,(H,17,18). The zero-order valence-corrected chi connectivity index (χ0v) is 11.8. The zero-order chi connectivity index (χ0) is 13.9. The van der Waals surface area contributed by atoms with Crippen LogP contribution in [0.5, 0.6) is 0 Å². The molecule has 0 bridgehead atoms. The summed E-state index contributed by atoms with van der Waals surface area (Å²) in [5.74, 6) is -0.586. The molecule has 0 aliphatic carbocycles. The SMILES string of the molecule is CC(C)C1CCN(C(=O)C(C)C(C)C(=O)O)CC1. The lowest BCUT2D eigenvalue weighted by Gasteiger charge is -2.35. The van der Waals surface area contributed by atoms with E-state index in [1.807, 2.05) is 4.90 Å². The smallest absolute Gasteiger partial charge is 0.307 e. The predicted molar refractivity (Wildman–Crippen MR) is 70.1 cm³/mol. The quantitative estimate of drug-likeness (QED) is 0.838. The minimum absolute atomic E-state index is 0.00731. The van der Waals surface area contributed by atoms with Crippen molar-refractivity contribution in [2.45, 2.75) is 40.5 Å². The van der Waals surface area contributed by atoms with Gasteiger partial charge in [0.15, 0.2) is 0 Å². The number of amides is 1. The molecule has 1 amide bonds. The summed E-state index contributed by atoms with van der Waals surface area (Å²) in [6, 6.07) is 0. The summed E-state index contributed by atoms with van der Waals surface area (Å²) >= 11 is 0. The molecule has 0 spiro atoms. The number of nitrogens with zero attached hydrogens (tertiary/aromatic N) is 1. The number of hydrogen-bond donors (Lipinski definition) is 1. The molecule has 104 valence electrons. The Kier molecular flexibility index (Phi) is 5.17. The molecular weight excluding hydrogens is 230 g/mol. The van der Waals surface area contributed by atoms with Crippen molar-refractivity contribution in [3.63, 3.8) is 0 Å². The summed E-state index contributed by atoms with van der Waals surface area (Å²) in [6.45, 7) is 9.31. The Morgan fingerprint density at radius 3 is 1.94 bits per heavy atom. The lowest BCUT2D eigenvalue weighted by molar-refractivity contribution is -0.149. The molecule has 0 aromatic carbocycles. The van der Waals surface area contributed by atoms with E-state index in [4.69, 9.17) is 5.11 Å². The van der Waals surface area contributed by atoms with Gasteiger partial charge < -0.3 is 10.0 Å². The third-order valence-electron chi connectivity index (χ3n) is 4.32. The fraction of sp³-hybridized carbons (Fsp3) is 0.857. The fourth-order valence-corrected chi connectivity index (χ4v) is 2.50. The van der Waals surface area contributed by atoms with E-state index in [1.54, 1.807) is 13.8 Å². The van der Waals surface area contributed by atoms with Crippen molar-refractivity contribution >= 4 is 11.9 Å². The van der Waals surface area contributed by atoms with Crippen LogP contribution in [0.15, 0.2) is 0 Å². The summed E-state index contributed by atoms with van der Waals surface area (Å²) in [5, 5.41) is 8.94. The van der Waals surface area contributed by atoms with Crippen LogP contribution in [-0.4, -0.2) is 35.0 Å². The van der Waals surface area contributed by atoms with E-state index in [1.165, 1.54) is 0 Å². The van der Waals surface area contributed by atoms with Gasteiger partial charge in [0.1, 0.15) is 0 Å². The third kappa shape index (κ3) is 3.47. The summed E-state index contributed by atoms with van der Waals surface area (Å²) in [7, 11) is 0. The van der Waals surface area contributed by atoms with Crippen LogP contribution < -0.4 is 0 Å². The predicted octanol–water partition coefficient (Wildman–Crippen LogP) is 2.24. The lowest BCUT2D eigenvalue weighted by atomic mass is 9.86. The number of carbonyl (C=O) groups is 2. The highest BCUT2D eigenvalue weighted by Crippen LogP contribution is 2.26. The molecule has 18 heavy (non-hydrogen) atoms. The zero-order valence-electron chi connectivity index (χ0n) is 11.8. The van der Waals surface area contributed by atoms with Crippen LogP contribution in [0, 0.1) is 23.7 Å². The van der Waals surface area contributed by atoms with Gasteiger partial charge >= 0.3 is 5.97 Å². The molecular formula is C14H25NO3. The van der Waals surface area contributed by atoms with Gasteiger partial charge in [0.25, 0.3) is 0 Å². The van der Waals surface area contributed by atoms with Gasteiger partial charge in [0.2, 0.25) is 5.91 Å². The minimum Gasteiger partial charge on any atom is -0.481 e. The Bertz CT molecular complexity index is 306. The van der Waals surface area contributed by atoms with Crippen LogP contribution in [0.1, 0.15) is 40.5 Å². The molecule has 1 heterocycles. The van der Waals surface area contributed by atoms with Gasteiger partial charge in [0, 0.05) is 19.0 Å². The highest BCUT2D eigenvalue weighted by atomic mass is 16.4. The van der Waals surface area contributed by atoms with E-state index < -0.39 is 17.8 Å². The number of hydrogen-bond acceptors (Lipinski definition) is 2. The fourth-order valence-electron chi connectivity index (χ4n) is 2.50. The van der Waals surface area contributed by atoms with E-state index in [9.17, 15) is 9.59 Å². The van der Waals surface area contributed by atoms with E-state index in [-0.39, 0.29) is 5.91 Å². The summed E-state index contributed by atoms with van der Waals surface area (Å²) in [6.07, 6.45) is 2.08. The molecule has 4 heteroatoms. The molecule has 1 saturated heterocycles. The second-order valence-corrected chi connectivity index (χ2v) is 5.82. The molecule has 0 aromatic rings. The summed E-state index contributed by atoms with van der Waals surface area (Å²) in [5.41, 5.74) is 0. The first-order chi connectivity index (χ1) is 8.34. The number of likely N-dealkylation sites (tertiary alicyclic amines) is 1. The summed E-state index contributed by atoms with van der Waals surface area (Å²) in [4.78, 5) is 24.9. The average Bonchev–Trinajstić information content (AvgIpc) is 2.36. The molecule has 0 radical (unpaired) electrons. The van der Waals surface area contributed by atoms with Crippen molar-refractivity contribution < 1.29 is 14.7 Å². The molecule has 2 unspecified atom stereocenters. The first-order valence-electron chi connectivity index (χ1n) is 6.86. The molecule has 0 saturated carbocycles. The molecule has 1 fully saturated rings. The van der Waals surface area contributed by atoms with Gasteiger partial charge in [-0.05, 0) is 24.7 Å². The summed E-state index contributed by atoms with van der Waals surface area (Å²) < 4.78 is 0. The molecule has 2 atom stereocenters. The van der Waals surface area contributed by atoms with Crippen LogP contribution in [-0.2, 0) is 9.59 Å². The van der Waals surface area contributed by atoms with E-state index in [2.05, 4.69) is 13.8 Å². The number of carbonyl (C=O) groups excluding carboxylic acids is 1. The Labute approximate surface area is 109 Å². The molecule has 1 aliphatic heterocycles. The van der Waals surface area contributed by atoms with E-state index in [0.717, 1.165) is 25.9 Å². The van der Waals surface area contributed by atoms with Crippen LogP contribution in [0.25, 0.3) is 0 Å². The lowest BCUT2D eigenvalue weighted by Crippen LogP contribution is -2.44. The first kappa shape index (κ1) is 15.0.